The fourth-order valence-corrected chi connectivity index (χ4v) is 4.52. The van der Waals surface area contributed by atoms with E-state index in [1.165, 1.54) is 7.11 Å². The number of imidazole rings is 1. The van der Waals surface area contributed by atoms with E-state index >= 15 is 0 Å². The predicted octanol–water partition coefficient (Wildman–Crippen LogP) is 2.79. The molecule has 5 rings (SSSR count). The summed E-state index contributed by atoms with van der Waals surface area (Å²) in [5.74, 6) is -0.296. The van der Waals surface area contributed by atoms with Gasteiger partial charge in [-0.15, -0.1) is 11.3 Å². The first-order valence-electron chi connectivity index (χ1n) is 9.03. The van der Waals surface area contributed by atoms with Crippen LogP contribution in [-0.4, -0.2) is 44.8 Å². The Morgan fingerprint density at radius 2 is 2.25 bits per heavy atom. The number of nitrogens with one attached hydrogen (secondary N) is 1. The van der Waals surface area contributed by atoms with Crippen molar-refractivity contribution in [2.45, 2.75) is 19.4 Å². The van der Waals surface area contributed by atoms with Crippen molar-refractivity contribution in [1.82, 2.24) is 19.3 Å². The molecule has 1 N–H and O–H groups in total. The van der Waals surface area contributed by atoms with Gasteiger partial charge in [-0.3, -0.25) is 9.20 Å². The van der Waals surface area contributed by atoms with E-state index in [1.807, 2.05) is 39.2 Å². The molecule has 0 aliphatic carbocycles. The van der Waals surface area contributed by atoms with Crippen molar-refractivity contribution in [2.75, 3.05) is 13.7 Å². The van der Waals surface area contributed by atoms with Crippen LogP contribution in [-0.2, 0) is 28.9 Å². The summed E-state index contributed by atoms with van der Waals surface area (Å²) in [5, 5.41) is 2.94. The van der Waals surface area contributed by atoms with Crippen LogP contribution in [0.3, 0.4) is 0 Å². The van der Waals surface area contributed by atoms with Crippen LogP contribution in [0.25, 0.3) is 15.9 Å². The molecule has 0 unspecified atom stereocenters. The molecule has 0 spiro atoms. The third-order valence-corrected chi connectivity index (χ3v) is 6.00. The molecule has 0 radical (unpaired) electrons. The smallest absolute Gasteiger partial charge is 0.337 e. The summed E-state index contributed by atoms with van der Waals surface area (Å²) in [4.78, 5) is 35.4. The second-order valence-corrected chi connectivity index (χ2v) is 7.77. The molecular weight excluding hydrogens is 376 g/mol. The van der Waals surface area contributed by atoms with Crippen LogP contribution in [0.5, 0.6) is 0 Å². The first-order chi connectivity index (χ1) is 13.6. The summed E-state index contributed by atoms with van der Waals surface area (Å²) in [5.41, 5.74) is 4.48. The normalized spacial score (nSPS) is 13.8. The quantitative estimate of drug-likeness (QED) is 0.542. The van der Waals surface area contributed by atoms with Crippen molar-refractivity contribution in [3.63, 3.8) is 0 Å². The zero-order chi connectivity index (χ0) is 19.3. The maximum absolute atomic E-state index is 12.9. The lowest BCUT2D eigenvalue weighted by Crippen LogP contribution is -2.36. The molecule has 0 atom stereocenters. The van der Waals surface area contributed by atoms with Gasteiger partial charge < -0.3 is 14.6 Å². The fraction of sp³-hybridized carbons (Fsp3) is 0.250. The molecule has 28 heavy (non-hydrogen) atoms. The number of thiazole rings is 1. The lowest BCUT2D eigenvalue weighted by molar-refractivity contribution is -0.131. The number of carbonyl (C=O) groups is 2. The number of esters is 1. The van der Waals surface area contributed by atoms with Gasteiger partial charge in [0.15, 0.2) is 4.96 Å². The number of H-pyrrole nitrogens is 1. The number of hydrogen-bond acceptors (Lipinski definition) is 5. The lowest BCUT2D eigenvalue weighted by atomic mass is 10.0. The summed E-state index contributed by atoms with van der Waals surface area (Å²) in [7, 11) is 1.37. The van der Waals surface area contributed by atoms with Crippen LogP contribution in [0.2, 0.25) is 0 Å². The van der Waals surface area contributed by atoms with Crippen LogP contribution in [0.4, 0.5) is 0 Å². The summed E-state index contributed by atoms with van der Waals surface area (Å²) in [6, 6.07) is 5.49. The topological polar surface area (TPSA) is 79.7 Å². The predicted molar refractivity (Wildman–Crippen MR) is 106 cm³/mol. The minimum atomic E-state index is -0.361. The Balaban J connectivity index is 1.40. The number of fused-ring (bicyclic) bond motifs is 4. The van der Waals surface area contributed by atoms with E-state index in [4.69, 9.17) is 4.74 Å². The Bertz CT molecular complexity index is 1190. The van der Waals surface area contributed by atoms with Crippen LogP contribution < -0.4 is 0 Å². The second kappa shape index (κ2) is 6.49. The highest BCUT2D eigenvalue weighted by atomic mass is 32.1. The largest absolute Gasteiger partial charge is 0.465 e. The van der Waals surface area contributed by atoms with Crippen LogP contribution in [0.15, 0.2) is 36.0 Å². The number of hydrogen-bond donors (Lipinski definition) is 1. The second-order valence-electron chi connectivity index (χ2n) is 6.90. The number of ether oxygens (including phenoxy) is 1. The Kier molecular flexibility index (Phi) is 3.94. The van der Waals surface area contributed by atoms with Crippen molar-refractivity contribution in [2.24, 2.45) is 0 Å². The van der Waals surface area contributed by atoms with E-state index in [9.17, 15) is 9.59 Å². The van der Waals surface area contributed by atoms with Crippen molar-refractivity contribution in [3.05, 3.63) is 58.5 Å². The van der Waals surface area contributed by atoms with Gasteiger partial charge in [0, 0.05) is 59.4 Å². The number of nitrogens with zero attached hydrogens (tertiary/aromatic N) is 3. The number of rotatable bonds is 3. The highest BCUT2D eigenvalue weighted by molar-refractivity contribution is 7.15. The van der Waals surface area contributed by atoms with Gasteiger partial charge in [0.05, 0.1) is 24.8 Å². The average Bonchev–Trinajstić information content (AvgIpc) is 3.39. The zero-order valence-electron chi connectivity index (χ0n) is 15.3. The molecule has 0 fully saturated rings. The minimum absolute atomic E-state index is 0.0647. The van der Waals surface area contributed by atoms with Gasteiger partial charge >= 0.3 is 5.97 Å². The number of benzene rings is 1. The molecule has 1 aliphatic heterocycles. The summed E-state index contributed by atoms with van der Waals surface area (Å²) in [6.07, 6.45) is 4.91. The molecule has 4 aromatic rings. The Hall–Kier alpha value is -3.13. The van der Waals surface area contributed by atoms with Crippen molar-refractivity contribution < 1.29 is 14.3 Å². The maximum atomic E-state index is 12.9. The third-order valence-electron chi connectivity index (χ3n) is 5.22. The monoisotopic (exact) mass is 394 g/mol. The van der Waals surface area contributed by atoms with E-state index in [1.54, 1.807) is 17.4 Å². The van der Waals surface area contributed by atoms with Crippen molar-refractivity contribution in [3.8, 4) is 0 Å². The molecule has 0 saturated carbocycles. The Morgan fingerprint density at radius 3 is 3.07 bits per heavy atom. The standard InChI is InChI=1S/C20H18N4O3S/c1-27-19(26)12-2-3-16-14(8-12)15-11-23(5-4-17(15)22-16)18(25)9-13-10-24-6-7-28-20(24)21-13/h2-3,6-8,10,22H,4-5,9,11H2,1H3. The Morgan fingerprint density at radius 1 is 1.36 bits per heavy atom. The number of aromatic amines is 1. The van der Waals surface area contributed by atoms with E-state index in [0.717, 1.165) is 39.2 Å². The molecule has 1 aromatic carbocycles. The van der Waals surface area contributed by atoms with E-state index in [0.29, 0.717) is 25.1 Å². The third kappa shape index (κ3) is 2.77. The van der Waals surface area contributed by atoms with Crippen molar-refractivity contribution >= 4 is 39.1 Å². The zero-order valence-corrected chi connectivity index (χ0v) is 16.1. The van der Waals surface area contributed by atoms with E-state index < -0.39 is 0 Å². The van der Waals surface area contributed by atoms with Crippen LogP contribution in [0.1, 0.15) is 27.3 Å². The lowest BCUT2D eigenvalue weighted by Gasteiger charge is -2.27. The molecule has 0 saturated heterocycles. The van der Waals surface area contributed by atoms with Gasteiger partial charge in [-0.25, -0.2) is 9.78 Å². The maximum Gasteiger partial charge on any atom is 0.337 e. The average molecular weight is 394 g/mol. The number of aromatic nitrogens is 3. The van der Waals surface area contributed by atoms with Gasteiger partial charge in [0.1, 0.15) is 0 Å². The van der Waals surface area contributed by atoms with Gasteiger partial charge in [-0.05, 0) is 18.2 Å². The van der Waals surface area contributed by atoms with Crippen molar-refractivity contribution in [1.29, 1.82) is 0 Å². The summed E-state index contributed by atoms with van der Waals surface area (Å²) in [6.45, 7) is 1.20. The molecular formula is C20H18N4O3S. The molecule has 142 valence electrons. The molecule has 7 nitrogen and oxygen atoms in total. The molecule has 0 bridgehead atoms. The molecule has 4 heterocycles. The van der Waals surface area contributed by atoms with Crippen LogP contribution in [0, 0.1) is 0 Å². The van der Waals surface area contributed by atoms with E-state index in [2.05, 4.69) is 9.97 Å². The summed E-state index contributed by atoms with van der Waals surface area (Å²) >= 11 is 1.55. The molecule has 1 aliphatic rings. The molecule has 1 amide bonds. The summed E-state index contributed by atoms with van der Waals surface area (Å²) < 4.78 is 6.77. The number of methoxy groups -OCH3 is 1. The number of amides is 1. The van der Waals surface area contributed by atoms with Gasteiger partial charge in [-0.1, -0.05) is 0 Å². The Labute approximate surface area is 164 Å². The van der Waals surface area contributed by atoms with Gasteiger partial charge in [0.25, 0.3) is 0 Å². The van der Waals surface area contributed by atoms with Gasteiger partial charge in [-0.2, -0.15) is 0 Å². The SMILES string of the molecule is COC(=O)c1ccc2[nH]c3c(c2c1)CN(C(=O)Cc1cn2ccsc2n1)CC3. The first-order valence-corrected chi connectivity index (χ1v) is 9.91. The van der Waals surface area contributed by atoms with E-state index in [-0.39, 0.29) is 11.9 Å². The fourth-order valence-electron chi connectivity index (χ4n) is 3.80. The van der Waals surface area contributed by atoms with Crippen LogP contribution >= 0.6 is 11.3 Å². The number of carbonyl (C=O) groups excluding carboxylic acids is 2. The van der Waals surface area contributed by atoms with Gasteiger partial charge in [0.2, 0.25) is 5.91 Å². The minimum Gasteiger partial charge on any atom is -0.465 e. The molecule has 8 heteroatoms. The highest BCUT2D eigenvalue weighted by Crippen LogP contribution is 2.29. The first kappa shape index (κ1) is 17.0. The molecule has 3 aromatic heterocycles. The highest BCUT2D eigenvalue weighted by Gasteiger charge is 2.25.